The third-order valence-electron chi connectivity index (χ3n) is 7.41. The van der Waals surface area contributed by atoms with Gasteiger partial charge in [0.05, 0.1) is 11.4 Å². The lowest BCUT2D eigenvalue weighted by Gasteiger charge is -2.15. The molecule has 46 heavy (non-hydrogen) atoms. The molecule has 0 bridgehead atoms. The minimum atomic E-state index is -4.74. The molecule has 0 aliphatic heterocycles. The number of hydrogen-bond donors (Lipinski definition) is 1. The molecule has 2 heterocycles. The van der Waals surface area contributed by atoms with Crippen LogP contribution in [-0.4, -0.2) is 38.3 Å². The number of carbonyl (C=O) groups excluding carboxylic acids is 1. The van der Waals surface area contributed by atoms with Gasteiger partial charge in [-0.2, -0.15) is 4.99 Å². The van der Waals surface area contributed by atoms with E-state index in [0.29, 0.717) is 34.7 Å². The van der Waals surface area contributed by atoms with Gasteiger partial charge in [-0.05, 0) is 73.1 Å². The number of halogens is 3. The van der Waals surface area contributed by atoms with Gasteiger partial charge in [-0.15, -0.1) is 29.6 Å². The number of para-hydroxylation sites is 1. The SMILES string of the molecule is Cc1cs/c(=N\C(=O)NCCC(C)Cc2ccc(-c3ncn(-c4ccc(OC(F)(F)F)cc4)n3)cc2)n1-c1ccccc1C(C)C. The number of hydrogen-bond acceptors (Lipinski definition) is 5. The van der Waals surface area contributed by atoms with E-state index in [1.54, 1.807) is 0 Å². The number of urea groups is 1. The van der Waals surface area contributed by atoms with Crippen LogP contribution in [0, 0.1) is 12.8 Å². The molecule has 1 atom stereocenters. The van der Waals surface area contributed by atoms with E-state index < -0.39 is 6.36 Å². The average Bonchev–Trinajstić information content (AvgIpc) is 3.64. The predicted octanol–water partition coefficient (Wildman–Crippen LogP) is 8.00. The van der Waals surface area contributed by atoms with Gasteiger partial charge in [-0.1, -0.05) is 63.2 Å². The van der Waals surface area contributed by atoms with Crippen molar-refractivity contribution < 1.29 is 22.7 Å². The maximum absolute atomic E-state index is 12.7. The van der Waals surface area contributed by atoms with Gasteiger partial charge in [0.2, 0.25) is 0 Å². The van der Waals surface area contributed by atoms with Gasteiger partial charge in [-0.25, -0.2) is 14.5 Å². The Morgan fingerprint density at radius 1 is 1.02 bits per heavy atom. The van der Waals surface area contributed by atoms with Crippen molar-refractivity contribution in [3.8, 4) is 28.5 Å². The standard InChI is InChI=1S/C34H35F3N6O2S/c1-22(2)29-7-5-6-8-30(29)43-24(4)20-46-33(43)40-32(44)38-18-17-23(3)19-25-9-11-26(12-10-25)31-39-21-42(41-31)27-13-15-28(16-14-27)45-34(35,36)37/h5-16,20-23H,17-19H2,1-4H3,(H,38,44)/b40-33-. The quantitative estimate of drug-likeness (QED) is 0.166. The first-order chi connectivity index (χ1) is 22.0. The van der Waals surface area contributed by atoms with Crippen LogP contribution in [0.15, 0.2) is 89.5 Å². The van der Waals surface area contributed by atoms with E-state index in [1.807, 2.05) is 53.3 Å². The van der Waals surface area contributed by atoms with E-state index in [9.17, 15) is 18.0 Å². The van der Waals surface area contributed by atoms with Crippen LogP contribution in [0.3, 0.4) is 0 Å². The van der Waals surface area contributed by atoms with Gasteiger partial charge in [0, 0.05) is 23.2 Å². The van der Waals surface area contributed by atoms with Crippen LogP contribution < -0.4 is 14.9 Å². The van der Waals surface area contributed by atoms with Crippen molar-refractivity contribution >= 4 is 17.4 Å². The van der Waals surface area contributed by atoms with Gasteiger partial charge in [-0.3, -0.25) is 4.57 Å². The Balaban J connectivity index is 1.14. The Kier molecular flexibility index (Phi) is 10.1. The summed E-state index contributed by atoms with van der Waals surface area (Å²) in [5.41, 5.74) is 5.79. The minimum absolute atomic E-state index is 0.302. The molecule has 0 fully saturated rings. The maximum Gasteiger partial charge on any atom is 0.573 e. The van der Waals surface area contributed by atoms with Crippen LogP contribution in [0.25, 0.3) is 22.8 Å². The number of aryl methyl sites for hydroxylation is 1. The Hall–Kier alpha value is -4.71. The van der Waals surface area contributed by atoms with Gasteiger partial charge < -0.3 is 10.1 Å². The van der Waals surface area contributed by atoms with E-state index >= 15 is 0 Å². The van der Waals surface area contributed by atoms with Gasteiger partial charge in [0.15, 0.2) is 10.6 Å². The number of benzene rings is 3. The van der Waals surface area contributed by atoms with E-state index in [0.717, 1.165) is 35.3 Å². The third-order valence-corrected chi connectivity index (χ3v) is 8.36. The predicted molar refractivity (Wildman–Crippen MR) is 172 cm³/mol. The number of alkyl halides is 3. The highest BCUT2D eigenvalue weighted by molar-refractivity contribution is 7.07. The highest BCUT2D eigenvalue weighted by Crippen LogP contribution is 2.25. The molecule has 0 aliphatic carbocycles. The maximum atomic E-state index is 12.7. The fourth-order valence-corrected chi connectivity index (χ4v) is 5.97. The second-order valence-corrected chi connectivity index (χ2v) is 12.2. The molecule has 0 saturated carbocycles. The summed E-state index contributed by atoms with van der Waals surface area (Å²) in [4.78, 5) is 22.1. The summed E-state index contributed by atoms with van der Waals surface area (Å²) in [6, 6.07) is 21.2. The van der Waals surface area contributed by atoms with Crippen LogP contribution in [-0.2, 0) is 6.42 Å². The Labute approximate surface area is 269 Å². The molecule has 5 rings (SSSR count). The molecular formula is C34H35F3N6O2S. The van der Waals surface area contributed by atoms with Crippen molar-refractivity contribution in [2.75, 3.05) is 6.54 Å². The molecule has 240 valence electrons. The van der Waals surface area contributed by atoms with Crippen LogP contribution in [0.4, 0.5) is 18.0 Å². The van der Waals surface area contributed by atoms with E-state index in [4.69, 9.17) is 0 Å². The first kappa shape index (κ1) is 32.7. The summed E-state index contributed by atoms with van der Waals surface area (Å²) in [7, 11) is 0. The van der Waals surface area contributed by atoms with E-state index in [1.165, 1.54) is 52.2 Å². The molecule has 1 N–H and O–H groups in total. The summed E-state index contributed by atoms with van der Waals surface area (Å²) in [6.07, 6.45) is -1.61. The number of rotatable bonds is 10. The number of nitrogens with one attached hydrogen (secondary N) is 1. The molecule has 0 saturated heterocycles. The average molecular weight is 649 g/mol. The number of nitrogens with zero attached hydrogens (tertiary/aromatic N) is 5. The summed E-state index contributed by atoms with van der Waals surface area (Å²) >= 11 is 1.45. The molecule has 0 spiro atoms. The zero-order valence-electron chi connectivity index (χ0n) is 26.0. The first-order valence-electron chi connectivity index (χ1n) is 14.9. The van der Waals surface area contributed by atoms with Gasteiger partial charge in [0.25, 0.3) is 0 Å². The first-order valence-corrected chi connectivity index (χ1v) is 15.8. The van der Waals surface area contributed by atoms with E-state index in [-0.39, 0.29) is 11.8 Å². The fourth-order valence-electron chi connectivity index (χ4n) is 5.11. The monoisotopic (exact) mass is 648 g/mol. The molecular weight excluding hydrogens is 613 g/mol. The van der Waals surface area contributed by atoms with Gasteiger partial charge >= 0.3 is 12.4 Å². The zero-order chi connectivity index (χ0) is 32.8. The van der Waals surface area contributed by atoms with Crippen LogP contribution in [0.2, 0.25) is 0 Å². The van der Waals surface area contributed by atoms with Crippen molar-refractivity contribution in [3.63, 3.8) is 0 Å². The second-order valence-electron chi connectivity index (χ2n) is 11.4. The minimum Gasteiger partial charge on any atom is -0.406 e. The zero-order valence-corrected chi connectivity index (χ0v) is 26.8. The highest BCUT2D eigenvalue weighted by atomic mass is 32.1. The number of aromatic nitrogens is 4. The number of carbonyl (C=O) groups is 1. The largest absolute Gasteiger partial charge is 0.573 e. The lowest BCUT2D eigenvalue weighted by Crippen LogP contribution is -2.26. The molecule has 12 heteroatoms. The summed E-state index contributed by atoms with van der Waals surface area (Å²) in [6.45, 7) is 8.98. The number of amides is 2. The summed E-state index contributed by atoms with van der Waals surface area (Å²) in [5, 5.41) is 9.42. The topological polar surface area (TPSA) is 86.3 Å². The second kappa shape index (κ2) is 14.2. The molecule has 8 nitrogen and oxygen atoms in total. The Bertz CT molecular complexity index is 1840. The molecule has 0 aliphatic rings. The smallest absolute Gasteiger partial charge is 0.406 e. The highest BCUT2D eigenvalue weighted by Gasteiger charge is 2.31. The summed E-state index contributed by atoms with van der Waals surface area (Å²) in [5.74, 6) is 0.849. The Morgan fingerprint density at radius 2 is 1.74 bits per heavy atom. The number of ether oxygens (including phenoxy) is 1. The number of thiazole rings is 1. The molecule has 0 radical (unpaired) electrons. The molecule has 2 amide bonds. The Morgan fingerprint density at radius 3 is 2.43 bits per heavy atom. The van der Waals surface area contributed by atoms with Crippen LogP contribution in [0.5, 0.6) is 5.75 Å². The molecule has 5 aromatic rings. The molecule has 3 aromatic carbocycles. The van der Waals surface area contributed by atoms with Crippen molar-refractivity contribution in [1.29, 1.82) is 0 Å². The van der Waals surface area contributed by atoms with Crippen LogP contribution in [0.1, 0.15) is 49.9 Å². The lowest BCUT2D eigenvalue weighted by molar-refractivity contribution is -0.274. The van der Waals surface area contributed by atoms with Crippen molar-refractivity contribution in [2.45, 2.75) is 52.8 Å². The molecule has 1 unspecified atom stereocenters. The van der Waals surface area contributed by atoms with Crippen molar-refractivity contribution in [2.24, 2.45) is 10.9 Å². The van der Waals surface area contributed by atoms with Crippen LogP contribution >= 0.6 is 11.3 Å². The van der Waals surface area contributed by atoms with E-state index in [2.05, 4.69) is 58.0 Å². The lowest BCUT2D eigenvalue weighted by atomic mass is 9.97. The van der Waals surface area contributed by atoms with Gasteiger partial charge in [0.1, 0.15) is 12.1 Å². The van der Waals surface area contributed by atoms with Crippen molar-refractivity contribution in [1.82, 2.24) is 24.6 Å². The molecule has 2 aromatic heterocycles. The third kappa shape index (κ3) is 8.30. The normalized spacial score (nSPS) is 12.8. The van der Waals surface area contributed by atoms with Crippen molar-refractivity contribution in [3.05, 3.63) is 106 Å². The summed E-state index contributed by atoms with van der Waals surface area (Å²) < 4.78 is 44.7. The fraction of sp³-hybridized carbons (Fsp3) is 0.294.